The maximum absolute atomic E-state index is 4.78. The van der Waals surface area contributed by atoms with Gasteiger partial charge in [-0.25, -0.2) is 0 Å². The molecule has 2 heteroatoms. The third-order valence-electron chi connectivity index (χ3n) is 6.18. The summed E-state index contributed by atoms with van der Waals surface area (Å²) in [6.07, 6.45) is 1.87. The monoisotopic (exact) mass is 485 g/mol. The SMILES string of the molecule is Brc1ccc(-c2c3ccccc3c(-c3ccccc3)c3cc(-c4ccccc4)ccc23)nc1. The van der Waals surface area contributed by atoms with E-state index >= 15 is 0 Å². The molecule has 156 valence electrons. The van der Waals surface area contributed by atoms with Crippen LogP contribution < -0.4 is 0 Å². The molecule has 0 saturated carbocycles. The molecule has 0 bridgehead atoms. The van der Waals surface area contributed by atoms with Crippen LogP contribution in [-0.4, -0.2) is 4.98 Å². The van der Waals surface area contributed by atoms with Crippen molar-refractivity contribution in [2.45, 2.75) is 0 Å². The predicted molar refractivity (Wildman–Crippen MR) is 143 cm³/mol. The van der Waals surface area contributed by atoms with Gasteiger partial charge < -0.3 is 0 Å². The molecule has 6 aromatic rings. The number of nitrogens with zero attached hydrogens (tertiary/aromatic N) is 1. The van der Waals surface area contributed by atoms with E-state index in [2.05, 4.69) is 131 Å². The zero-order chi connectivity index (χ0) is 22.2. The molecule has 1 aromatic heterocycles. The second-order valence-electron chi connectivity index (χ2n) is 8.15. The number of pyridine rings is 1. The average Bonchev–Trinajstić information content (AvgIpc) is 2.88. The number of hydrogen-bond acceptors (Lipinski definition) is 1. The van der Waals surface area contributed by atoms with Crippen molar-refractivity contribution in [1.82, 2.24) is 4.98 Å². The Morgan fingerprint density at radius 3 is 1.73 bits per heavy atom. The van der Waals surface area contributed by atoms with Gasteiger partial charge in [-0.15, -0.1) is 0 Å². The van der Waals surface area contributed by atoms with Crippen molar-refractivity contribution >= 4 is 37.5 Å². The first-order valence-electron chi connectivity index (χ1n) is 11.0. The molecule has 0 amide bonds. The van der Waals surface area contributed by atoms with Crippen LogP contribution in [0.5, 0.6) is 0 Å². The predicted octanol–water partition coefficient (Wildman–Crippen LogP) is 9.15. The standard InChI is InChI=1S/C31H20BrN/c32-24-16-18-29(33-20-24)31-26-14-8-7-13-25(26)30(22-11-5-2-6-12-22)28-19-23(15-17-27(28)31)21-9-3-1-4-10-21/h1-20H. The summed E-state index contributed by atoms with van der Waals surface area (Å²) in [6, 6.07) is 40.9. The zero-order valence-electron chi connectivity index (χ0n) is 17.9. The van der Waals surface area contributed by atoms with Crippen LogP contribution in [0.4, 0.5) is 0 Å². The lowest BCUT2D eigenvalue weighted by Gasteiger charge is -2.18. The molecular weight excluding hydrogens is 466 g/mol. The van der Waals surface area contributed by atoms with Gasteiger partial charge in [-0.05, 0) is 77.9 Å². The van der Waals surface area contributed by atoms with Crippen molar-refractivity contribution in [3.63, 3.8) is 0 Å². The van der Waals surface area contributed by atoms with Crippen molar-refractivity contribution in [2.24, 2.45) is 0 Å². The smallest absolute Gasteiger partial charge is 0.0715 e. The summed E-state index contributed by atoms with van der Waals surface area (Å²) in [6.45, 7) is 0. The molecule has 0 radical (unpaired) electrons. The van der Waals surface area contributed by atoms with Crippen LogP contribution in [0.25, 0.3) is 55.1 Å². The molecule has 33 heavy (non-hydrogen) atoms. The second-order valence-corrected chi connectivity index (χ2v) is 9.07. The van der Waals surface area contributed by atoms with Gasteiger partial charge in [0.25, 0.3) is 0 Å². The first-order chi connectivity index (χ1) is 16.3. The zero-order valence-corrected chi connectivity index (χ0v) is 19.5. The highest BCUT2D eigenvalue weighted by atomic mass is 79.9. The molecular formula is C31H20BrN. The maximum Gasteiger partial charge on any atom is 0.0715 e. The van der Waals surface area contributed by atoms with Crippen LogP contribution in [0.1, 0.15) is 0 Å². The van der Waals surface area contributed by atoms with Gasteiger partial charge in [-0.1, -0.05) is 97.1 Å². The Bertz CT molecular complexity index is 1590. The summed E-state index contributed by atoms with van der Waals surface area (Å²) in [4.78, 5) is 4.78. The quantitative estimate of drug-likeness (QED) is 0.227. The molecule has 1 nitrogen and oxygen atoms in total. The molecule has 1 heterocycles. The minimum absolute atomic E-state index is 0.978. The van der Waals surface area contributed by atoms with Gasteiger partial charge in [0.2, 0.25) is 0 Å². The lowest BCUT2D eigenvalue weighted by molar-refractivity contribution is 1.32. The minimum atomic E-state index is 0.978. The fourth-order valence-corrected chi connectivity index (χ4v) is 4.94. The largest absolute Gasteiger partial charge is 0.255 e. The van der Waals surface area contributed by atoms with E-state index in [0.717, 1.165) is 10.2 Å². The summed E-state index contributed by atoms with van der Waals surface area (Å²) in [7, 11) is 0. The Morgan fingerprint density at radius 2 is 1.06 bits per heavy atom. The highest BCUT2D eigenvalue weighted by molar-refractivity contribution is 9.10. The molecule has 0 aliphatic heterocycles. The lowest BCUT2D eigenvalue weighted by atomic mass is 9.86. The van der Waals surface area contributed by atoms with Crippen molar-refractivity contribution in [1.29, 1.82) is 0 Å². The highest BCUT2D eigenvalue weighted by Crippen LogP contribution is 2.44. The Labute approximate surface area is 201 Å². The topological polar surface area (TPSA) is 12.9 Å². The van der Waals surface area contributed by atoms with E-state index in [4.69, 9.17) is 4.98 Å². The van der Waals surface area contributed by atoms with E-state index in [0.29, 0.717) is 0 Å². The van der Waals surface area contributed by atoms with Crippen molar-refractivity contribution < 1.29 is 0 Å². The summed E-state index contributed by atoms with van der Waals surface area (Å²) in [5.74, 6) is 0. The summed E-state index contributed by atoms with van der Waals surface area (Å²) in [5, 5.41) is 4.90. The van der Waals surface area contributed by atoms with E-state index in [1.165, 1.54) is 49.4 Å². The number of hydrogen-bond donors (Lipinski definition) is 0. The van der Waals surface area contributed by atoms with Crippen LogP contribution in [0.3, 0.4) is 0 Å². The van der Waals surface area contributed by atoms with E-state index < -0.39 is 0 Å². The van der Waals surface area contributed by atoms with Gasteiger partial charge in [-0.2, -0.15) is 0 Å². The van der Waals surface area contributed by atoms with Crippen LogP contribution >= 0.6 is 15.9 Å². The fraction of sp³-hybridized carbons (Fsp3) is 0. The molecule has 0 atom stereocenters. The molecule has 0 unspecified atom stereocenters. The number of rotatable bonds is 3. The van der Waals surface area contributed by atoms with E-state index in [-0.39, 0.29) is 0 Å². The Balaban J connectivity index is 1.78. The van der Waals surface area contributed by atoms with Gasteiger partial charge in [0.1, 0.15) is 0 Å². The maximum atomic E-state index is 4.78. The van der Waals surface area contributed by atoms with Gasteiger partial charge in [0.05, 0.1) is 5.69 Å². The van der Waals surface area contributed by atoms with Crippen molar-refractivity contribution in [3.05, 3.63) is 126 Å². The van der Waals surface area contributed by atoms with Crippen LogP contribution in [0.15, 0.2) is 126 Å². The Kier molecular flexibility index (Phi) is 5.01. The van der Waals surface area contributed by atoms with Crippen LogP contribution in [0.2, 0.25) is 0 Å². The fourth-order valence-electron chi connectivity index (χ4n) is 4.70. The average molecular weight is 486 g/mol. The molecule has 0 saturated heterocycles. The molecule has 5 aromatic carbocycles. The first kappa shape index (κ1) is 19.9. The first-order valence-corrected chi connectivity index (χ1v) is 11.8. The summed E-state index contributed by atoms with van der Waals surface area (Å²) < 4.78 is 0.979. The number of aromatic nitrogens is 1. The number of fused-ring (bicyclic) bond motifs is 2. The molecule has 0 aliphatic rings. The van der Waals surface area contributed by atoms with Crippen LogP contribution in [0, 0.1) is 0 Å². The van der Waals surface area contributed by atoms with Gasteiger partial charge in [-0.3, -0.25) is 4.98 Å². The third kappa shape index (κ3) is 3.53. The Hall–Kier alpha value is -3.75. The molecule has 0 fully saturated rings. The third-order valence-corrected chi connectivity index (χ3v) is 6.65. The number of benzene rings is 5. The molecule has 0 spiro atoms. The molecule has 0 N–H and O–H groups in total. The molecule has 0 aliphatic carbocycles. The van der Waals surface area contributed by atoms with Crippen molar-refractivity contribution in [3.8, 4) is 33.5 Å². The second kappa shape index (κ2) is 8.31. The van der Waals surface area contributed by atoms with Gasteiger partial charge >= 0.3 is 0 Å². The normalized spacial score (nSPS) is 11.2. The van der Waals surface area contributed by atoms with Crippen LogP contribution in [-0.2, 0) is 0 Å². The minimum Gasteiger partial charge on any atom is -0.255 e. The summed E-state index contributed by atoms with van der Waals surface area (Å²) in [5.41, 5.74) is 7.07. The highest BCUT2D eigenvalue weighted by Gasteiger charge is 2.17. The Morgan fingerprint density at radius 1 is 0.455 bits per heavy atom. The van der Waals surface area contributed by atoms with Crippen molar-refractivity contribution in [2.75, 3.05) is 0 Å². The number of halogens is 1. The van der Waals surface area contributed by atoms with E-state index in [1.807, 2.05) is 6.20 Å². The summed E-state index contributed by atoms with van der Waals surface area (Å²) >= 11 is 3.53. The van der Waals surface area contributed by atoms with E-state index in [1.54, 1.807) is 0 Å². The van der Waals surface area contributed by atoms with Gasteiger partial charge in [0.15, 0.2) is 0 Å². The van der Waals surface area contributed by atoms with Gasteiger partial charge in [0, 0.05) is 16.2 Å². The molecule has 6 rings (SSSR count). The lowest BCUT2D eigenvalue weighted by Crippen LogP contribution is -1.93. The van der Waals surface area contributed by atoms with E-state index in [9.17, 15) is 0 Å².